The van der Waals surface area contributed by atoms with Crippen molar-refractivity contribution in [2.75, 3.05) is 4.90 Å². The van der Waals surface area contributed by atoms with Gasteiger partial charge in [-0.3, -0.25) is 0 Å². The minimum Gasteiger partial charge on any atom is -0.360 e. The molecule has 1 fully saturated rings. The third-order valence-electron chi connectivity index (χ3n) is 7.25. The van der Waals surface area contributed by atoms with Gasteiger partial charge in [-0.25, -0.2) is 0 Å². The largest absolute Gasteiger partial charge is 0.360 e. The van der Waals surface area contributed by atoms with Gasteiger partial charge in [-0.15, -0.1) is 0 Å². The smallest absolute Gasteiger partial charge is 0.0946 e. The fourth-order valence-electron chi connectivity index (χ4n) is 5.72. The van der Waals surface area contributed by atoms with Crippen molar-refractivity contribution in [1.29, 1.82) is 0 Å². The Morgan fingerprint density at radius 2 is 1.47 bits per heavy atom. The van der Waals surface area contributed by atoms with Gasteiger partial charge in [0.1, 0.15) is 0 Å². The summed E-state index contributed by atoms with van der Waals surface area (Å²) in [6.45, 7) is 12.3. The van der Waals surface area contributed by atoms with Crippen LogP contribution in [0.5, 0.6) is 0 Å². The number of para-hydroxylation sites is 1. The summed E-state index contributed by atoms with van der Waals surface area (Å²) in [5, 5.41) is 0. The van der Waals surface area contributed by atoms with E-state index in [0.29, 0.717) is 0 Å². The molecule has 172 valence electrons. The van der Waals surface area contributed by atoms with E-state index in [1.54, 1.807) is 6.08 Å². The number of fused-ring (bicyclic) bond motifs is 2. The lowest BCUT2D eigenvalue weighted by atomic mass is 9.85. The molecule has 1 spiro atoms. The molecule has 0 bridgehead atoms. The maximum atomic E-state index is 6.69. The first-order chi connectivity index (χ1) is 16.5. The zero-order chi connectivity index (χ0) is 23.8. The maximum Gasteiger partial charge on any atom is 0.0946 e. The molecule has 2 nitrogen and oxygen atoms in total. The average Bonchev–Trinajstić information content (AvgIpc) is 3.41. The van der Waals surface area contributed by atoms with Gasteiger partial charge >= 0.3 is 0 Å². The number of hydrogen-bond donors (Lipinski definition) is 0. The van der Waals surface area contributed by atoms with Crippen molar-refractivity contribution < 1.29 is 4.74 Å². The van der Waals surface area contributed by atoms with Crippen LogP contribution in [-0.2, 0) is 15.9 Å². The van der Waals surface area contributed by atoms with Crippen molar-refractivity contribution >= 4 is 11.4 Å². The SMILES string of the molecule is C=C/C=C(\C=C)N(c1ccccc1)c1ccc(-c2ccc3c(c2)C(C)(C)OC32CCCC2)cc1. The standard InChI is InChI=1S/C32H33NO/c1-5-12-26(6-2)33(27-13-8-7-9-14-27)28-18-15-24(16-19-28)25-17-20-29-30(23-25)31(3,4)34-32(29)21-10-11-22-32/h5-9,12-20,23H,1-2,10-11,21-22H2,3-4H3/b26-12+. The summed E-state index contributed by atoms with van der Waals surface area (Å²) in [6.07, 6.45) is 10.4. The molecule has 1 saturated carbocycles. The predicted molar refractivity (Wildman–Crippen MR) is 143 cm³/mol. The quantitative estimate of drug-likeness (QED) is 0.350. The summed E-state index contributed by atoms with van der Waals surface area (Å²) >= 11 is 0. The lowest BCUT2D eigenvalue weighted by Crippen LogP contribution is -2.25. The van der Waals surface area contributed by atoms with Crippen molar-refractivity contribution in [3.63, 3.8) is 0 Å². The second kappa shape index (κ2) is 8.77. The van der Waals surface area contributed by atoms with Crippen LogP contribution in [0.2, 0.25) is 0 Å². The van der Waals surface area contributed by atoms with Crippen LogP contribution in [0.1, 0.15) is 50.7 Å². The highest BCUT2D eigenvalue weighted by Crippen LogP contribution is 2.55. The van der Waals surface area contributed by atoms with Crippen LogP contribution in [0.15, 0.2) is 110 Å². The van der Waals surface area contributed by atoms with Crippen molar-refractivity contribution in [3.8, 4) is 11.1 Å². The topological polar surface area (TPSA) is 12.5 Å². The molecule has 1 heterocycles. The first-order valence-corrected chi connectivity index (χ1v) is 12.2. The average molecular weight is 448 g/mol. The Morgan fingerprint density at radius 1 is 0.824 bits per heavy atom. The predicted octanol–water partition coefficient (Wildman–Crippen LogP) is 8.78. The van der Waals surface area contributed by atoms with Crippen molar-refractivity contribution in [2.45, 2.75) is 50.7 Å². The molecule has 1 aliphatic heterocycles. The Hall–Kier alpha value is -3.36. The van der Waals surface area contributed by atoms with E-state index in [0.717, 1.165) is 29.9 Å². The van der Waals surface area contributed by atoms with E-state index in [9.17, 15) is 0 Å². The molecule has 0 amide bonds. The van der Waals surface area contributed by atoms with E-state index < -0.39 is 0 Å². The van der Waals surface area contributed by atoms with Crippen molar-refractivity contribution in [3.05, 3.63) is 121 Å². The fourth-order valence-corrected chi connectivity index (χ4v) is 5.72. The van der Waals surface area contributed by atoms with E-state index in [1.165, 1.54) is 35.1 Å². The summed E-state index contributed by atoms with van der Waals surface area (Å²) in [5.41, 5.74) is 7.99. The van der Waals surface area contributed by atoms with Gasteiger partial charge in [-0.2, -0.15) is 0 Å². The Balaban J connectivity index is 1.51. The fraction of sp³-hybridized carbons (Fsp3) is 0.250. The molecule has 0 atom stereocenters. The number of hydrogen-bond acceptors (Lipinski definition) is 2. The molecule has 0 aromatic heterocycles. The number of anilines is 2. The van der Waals surface area contributed by atoms with Crippen LogP contribution in [-0.4, -0.2) is 0 Å². The van der Waals surface area contributed by atoms with Crippen LogP contribution < -0.4 is 4.90 Å². The molecule has 2 aliphatic rings. The van der Waals surface area contributed by atoms with E-state index in [2.05, 4.69) is 98.6 Å². The Kier molecular flexibility index (Phi) is 5.79. The van der Waals surface area contributed by atoms with E-state index >= 15 is 0 Å². The highest BCUT2D eigenvalue weighted by atomic mass is 16.5. The van der Waals surface area contributed by atoms with Gasteiger partial charge in [0.05, 0.1) is 11.2 Å². The monoisotopic (exact) mass is 447 g/mol. The second-order valence-electron chi connectivity index (χ2n) is 9.82. The van der Waals surface area contributed by atoms with E-state index in [1.807, 2.05) is 18.2 Å². The third kappa shape index (κ3) is 3.82. The summed E-state index contributed by atoms with van der Waals surface area (Å²) in [5.74, 6) is 0. The van der Waals surface area contributed by atoms with Gasteiger partial charge in [-0.05, 0) is 91.4 Å². The lowest BCUT2D eigenvalue weighted by Gasteiger charge is -2.28. The molecular weight excluding hydrogens is 414 g/mol. The minimum absolute atomic E-state index is 0.0734. The number of nitrogens with zero attached hydrogens (tertiary/aromatic N) is 1. The van der Waals surface area contributed by atoms with Crippen LogP contribution >= 0.6 is 0 Å². The molecule has 34 heavy (non-hydrogen) atoms. The maximum absolute atomic E-state index is 6.69. The highest BCUT2D eigenvalue weighted by Gasteiger charge is 2.50. The molecular formula is C32H33NO. The Labute approximate surface area is 203 Å². The van der Waals surface area contributed by atoms with Crippen molar-refractivity contribution in [2.24, 2.45) is 0 Å². The van der Waals surface area contributed by atoms with Gasteiger partial charge in [0.25, 0.3) is 0 Å². The summed E-state index contributed by atoms with van der Waals surface area (Å²) in [7, 11) is 0. The molecule has 2 heteroatoms. The summed E-state index contributed by atoms with van der Waals surface area (Å²) in [6, 6.07) is 26.0. The normalized spacial score (nSPS) is 18.0. The summed E-state index contributed by atoms with van der Waals surface area (Å²) < 4.78 is 6.69. The Morgan fingerprint density at radius 3 is 2.12 bits per heavy atom. The van der Waals surface area contributed by atoms with Gasteiger partial charge in [0, 0.05) is 17.1 Å². The number of benzene rings is 3. The number of allylic oxidation sites excluding steroid dienone is 3. The van der Waals surface area contributed by atoms with Gasteiger partial charge in [0.2, 0.25) is 0 Å². The van der Waals surface area contributed by atoms with E-state index in [4.69, 9.17) is 4.74 Å². The molecule has 3 aromatic rings. The minimum atomic E-state index is -0.256. The Bertz CT molecular complexity index is 1230. The number of rotatable bonds is 6. The number of ether oxygens (including phenoxy) is 1. The zero-order valence-electron chi connectivity index (χ0n) is 20.3. The first kappa shape index (κ1) is 22.4. The zero-order valence-corrected chi connectivity index (χ0v) is 20.3. The van der Waals surface area contributed by atoms with Crippen molar-refractivity contribution in [1.82, 2.24) is 0 Å². The lowest BCUT2D eigenvalue weighted by molar-refractivity contribution is -0.122. The molecule has 0 saturated heterocycles. The summed E-state index contributed by atoms with van der Waals surface area (Å²) in [4.78, 5) is 2.20. The van der Waals surface area contributed by atoms with Crippen LogP contribution in [0, 0.1) is 0 Å². The molecule has 3 aromatic carbocycles. The van der Waals surface area contributed by atoms with E-state index in [-0.39, 0.29) is 11.2 Å². The van der Waals surface area contributed by atoms with Gasteiger partial charge in [-0.1, -0.05) is 74.5 Å². The molecule has 0 unspecified atom stereocenters. The molecule has 0 N–H and O–H groups in total. The molecule has 1 aliphatic carbocycles. The highest BCUT2D eigenvalue weighted by molar-refractivity contribution is 5.74. The van der Waals surface area contributed by atoms with Crippen LogP contribution in [0.3, 0.4) is 0 Å². The van der Waals surface area contributed by atoms with Crippen LogP contribution in [0.25, 0.3) is 11.1 Å². The molecule has 5 rings (SSSR count). The second-order valence-corrected chi connectivity index (χ2v) is 9.82. The molecule has 0 radical (unpaired) electrons. The van der Waals surface area contributed by atoms with Gasteiger partial charge in [0.15, 0.2) is 0 Å². The first-order valence-electron chi connectivity index (χ1n) is 12.2. The van der Waals surface area contributed by atoms with Crippen LogP contribution in [0.4, 0.5) is 11.4 Å². The third-order valence-corrected chi connectivity index (χ3v) is 7.25. The van der Waals surface area contributed by atoms with Gasteiger partial charge < -0.3 is 9.64 Å².